The van der Waals surface area contributed by atoms with Gasteiger partial charge in [0, 0.05) is 32.4 Å². The maximum Gasteiger partial charge on any atom is 0.244 e. The number of rotatable bonds is 5. The molecule has 2 heterocycles. The molecule has 1 aromatic heterocycles. The van der Waals surface area contributed by atoms with Gasteiger partial charge in [-0.05, 0) is 47.5 Å². The van der Waals surface area contributed by atoms with Gasteiger partial charge in [-0.3, -0.25) is 4.90 Å². The van der Waals surface area contributed by atoms with E-state index in [-0.39, 0.29) is 40.8 Å². The lowest BCUT2D eigenvalue weighted by atomic mass is 9.96. The minimum Gasteiger partial charge on any atom is -0.290 e. The summed E-state index contributed by atoms with van der Waals surface area (Å²) in [5.41, 5.74) is 1.71. The van der Waals surface area contributed by atoms with Crippen LogP contribution >= 0.6 is 11.6 Å². The van der Waals surface area contributed by atoms with Gasteiger partial charge in [-0.15, -0.1) is 0 Å². The minimum atomic E-state index is -3.68. The van der Waals surface area contributed by atoms with Crippen molar-refractivity contribution >= 4 is 21.6 Å². The summed E-state index contributed by atoms with van der Waals surface area (Å²) in [7, 11) is -3.68. The van der Waals surface area contributed by atoms with E-state index in [0.717, 1.165) is 11.1 Å². The van der Waals surface area contributed by atoms with Gasteiger partial charge in [0.05, 0.1) is 6.04 Å². The lowest BCUT2D eigenvalue weighted by Gasteiger charge is -2.39. The van der Waals surface area contributed by atoms with E-state index in [2.05, 4.69) is 9.88 Å². The van der Waals surface area contributed by atoms with E-state index in [1.54, 1.807) is 24.3 Å². The summed E-state index contributed by atoms with van der Waals surface area (Å²) in [5, 5.41) is 0.227. The monoisotopic (exact) mass is 463 g/mol. The fraction of sp³-hybridized carbons (Fsp3) is 0.227. The number of sulfonamides is 1. The van der Waals surface area contributed by atoms with Crippen molar-refractivity contribution in [1.29, 1.82) is 0 Å². The molecule has 1 saturated heterocycles. The third-order valence-corrected chi connectivity index (χ3v) is 7.45. The van der Waals surface area contributed by atoms with Gasteiger partial charge < -0.3 is 0 Å². The summed E-state index contributed by atoms with van der Waals surface area (Å²) in [6.07, 6.45) is 1.25. The Hall–Kier alpha value is -2.39. The van der Waals surface area contributed by atoms with Crippen molar-refractivity contribution in [3.05, 3.63) is 94.8 Å². The van der Waals surface area contributed by atoms with Crippen LogP contribution in [0.1, 0.15) is 17.2 Å². The van der Waals surface area contributed by atoms with Gasteiger partial charge in [0.1, 0.15) is 21.7 Å². The third-order valence-electron chi connectivity index (χ3n) is 5.35. The van der Waals surface area contributed by atoms with Gasteiger partial charge in [0.15, 0.2) is 0 Å². The van der Waals surface area contributed by atoms with Crippen LogP contribution in [0.4, 0.5) is 8.78 Å². The predicted octanol–water partition coefficient (Wildman–Crippen LogP) is 4.11. The largest absolute Gasteiger partial charge is 0.290 e. The van der Waals surface area contributed by atoms with Crippen LogP contribution in [0.3, 0.4) is 0 Å². The summed E-state index contributed by atoms with van der Waals surface area (Å²) in [4.78, 5) is 6.08. The van der Waals surface area contributed by atoms with Crippen LogP contribution in [-0.4, -0.2) is 48.8 Å². The zero-order valence-corrected chi connectivity index (χ0v) is 18.0. The lowest BCUT2D eigenvalue weighted by Crippen LogP contribution is -2.49. The molecule has 2 aromatic carbocycles. The summed E-state index contributed by atoms with van der Waals surface area (Å²) < 4.78 is 54.2. The smallest absolute Gasteiger partial charge is 0.244 e. The Morgan fingerprint density at radius 2 is 1.32 bits per heavy atom. The zero-order valence-electron chi connectivity index (χ0n) is 16.5. The molecule has 0 unspecified atom stereocenters. The topological polar surface area (TPSA) is 53.5 Å². The highest BCUT2D eigenvalue weighted by molar-refractivity contribution is 7.89. The maximum absolute atomic E-state index is 13.5. The summed E-state index contributed by atoms with van der Waals surface area (Å²) in [6, 6.07) is 15.0. The molecule has 0 aliphatic carbocycles. The van der Waals surface area contributed by atoms with Gasteiger partial charge in [0.25, 0.3) is 0 Å². The quantitative estimate of drug-likeness (QED) is 0.534. The Kier molecular flexibility index (Phi) is 6.34. The zero-order chi connectivity index (χ0) is 22.0. The van der Waals surface area contributed by atoms with E-state index in [0.29, 0.717) is 13.1 Å². The number of pyridine rings is 1. The molecule has 4 rings (SSSR count). The van der Waals surface area contributed by atoms with Crippen LogP contribution in [0.5, 0.6) is 0 Å². The molecule has 0 atom stereocenters. The first-order valence-corrected chi connectivity index (χ1v) is 11.5. The molecule has 0 bridgehead atoms. The number of halogens is 3. The minimum absolute atomic E-state index is 0.0963. The first kappa shape index (κ1) is 21.8. The lowest BCUT2D eigenvalue weighted by molar-refractivity contribution is 0.155. The molecule has 3 aromatic rings. The molecule has 0 saturated carbocycles. The SMILES string of the molecule is O=S(=O)(c1ccc(Cl)nc1)N1CCN(C(c2ccc(F)cc2)c2ccc(F)cc2)CC1. The average molecular weight is 464 g/mol. The molecule has 0 radical (unpaired) electrons. The molecule has 162 valence electrons. The van der Waals surface area contributed by atoms with E-state index in [1.165, 1.54) is 46.9 Å². The second kappa shape index (κ2) is 9.00. The van der Waals surface area contributed by atoms with E-state index in [1.807, 2.05) is 0 Å². The first-order chi connectivity index (χ1) is 14.8. The fourth-order valence-corrected chi connectivity index (χ4v) is 5.25. The normalized spacial score (nSPS) is 16.0. The van der Waals surface area contributed by atoms with Crippen LogP contribution < -0.4 is 0 Å². The molecule has 0 spiro atoms. The number of nitrogens with zero attached hydrogens (tertiary/aromatic N) is 3. The Morgan fingerprint density at radius 3 is 1.77 bits per heavy atom. The van der Waals surface area contributed by atoms with Crippen LogP contribution in [0.2, 0.25) is 5.15 Å². The Labute approximate surface area is 184 Å². The summed E-state index contributed by atoms with van der Waals surface area (Å²) in [6.45, 7) is 1.48. The van der Waals surface area contributed by atoms with Gasteiger partial charge in [-0.25, -0.2) is 22.2 Å². The highest BCUT2D eigenvalue weighted by Gasteiger charge is 2.32. The number of benzene rings is 2. The molecule has 5 nitrogen and oxygen atoms in total. The standard InChI is InChI=1S/C22H20ClF2N3O2S/c23-21-10-9-20(15-26-21)31(29,30)28-13-11-27(12-14-28)22(16-1-5-18(24)6-2-16)17-3-7-19(25)8-4-17/h1-10,15,22H,11-14H2. The molecule has 1 aliphatic rings. The van der Waals surface area contributed by atoms with Crippen molar-refractivity contribution in [2.45, 2.75) is 10.9 Å². The van der Waals surface area contributed by atoms with Crippen molar-refractivity contribution in [3.8, 4) is 0 Å². The Bertz CT molecular complexity index is 1090. The Balaban J connectivity index is 1.57. The van der Waals surface area contributed by atoms with Gasteiger partial charge >= 0.3 is 0 Å². The van der Waals surface area contributed by atoms with Crippen LogP contribution in [0, 0.1) is 11.6 Å². The van der Waals surface area contributed by atoms with Crippen LogP contribution in [0.25, 0.3) is 0 Å². The van der Waals surface area contributed by atoms with Crippen molar-refractivity contribution in [1.82, 2.24) is 14.2 Å². The maximum atomic E-state index is 13.5. The van der Waals surface area contributed by atoms with Crippen molar-refractivity contribution in [2.24, 2.45) is 0 Å². The van der Waals surface area contributed by atoms with E-state index < -0.39 is 10.0 Å². The second-order valence-electron chi connectivity index (χ2n) is 7.26. The van der Waals surface area contributed by atoms with E-state index >= 15 is 0 Å². The van der Waals surface area contributed by atoms with Crippen LogP contribution in [-0.2, 0) is 10.0 Å². The molecule has 0 N–H and O–H groups in total. The van der Waals surface area contributed by atoms with E-state index in [9.17, 15) is 17.2 Å². The highest BCUT2D eigenvalue weighted by atomic mass is 35.5. The number of hydrogen-bond acceptors (Lipinski definition) is 4. The predicted molar refractivity (Wildman–Crippen MR) is 114 cm³/mol. The van der Waals surface area contributed by atoms with Crippen molar-refractivity contribution in [2.75, 3.05) is 26.2 Å². The van der Waals surface area contributed by atoms with E-state index in [4.69, 9.17) is 11.6 Å². The number of aromatic nitrogens is 1. The summed E-state index contributed by atoms with van der Waals surface area (Å²) >= 11 is 5.76. The van der Waals surface area contributed by atoms with Crippen molar-refractivity contribution in [3.63, 3.8) is 0 Å². The third kappa shape index (κ3) is 4.77. The molecular weight excluding hydrogens is 444 g/mol. The number of hydrogen-bond donors (Lipinski definition) is 0. The second-order valence-corrected chi connectivity index (χ2v) is 9.59. The van der Waals surface area contributed by atoms with Gasteiger partial charge in [-0.1, -0.05) is 35.9 Å². The summed E-state index contributed by atoms with van der Waals surface area (Å²) in [5.74, 6) is -0.678. The van der Waals surface area contributed by atoms with Gasteiger partial charge in [0.2, 0.25) is 10.0 Å². The molecule has 9 heteroatoms. The molecule has 0 amide bonds. The molecule has 1 aliphatic heterocycles. The molecule has 1 fully saturated rings. The molecule has 31 heavy (non-hydrogen) atoms. The first-order valence-electron chi connectivity index (χ1n) is 9.71. The van der Waals surface area contributed by atoms with Crippen molar-refractivity contribution < 1.29 is 17.2 Å². The Morgan fingerprint density at radius 1 is 0.806 bits per heavy atom. The molecular formula is C22H20ClF2N3O2S. The highest BCUT2D eigenvalue weighted by Crippen LogP contribution is 2.31. The fourth-order valence-electron chi connectivity index (χ4n) is 3.77. The van der Waals surface area contributed by atoms with Crippen LogP contribution in [0.15, 0.2) is 71.8 Å². The number of piperazine rings is 1. The average Bonchev–Trinajstić information content (AvgIpc) is 2.77. The van der Waals surface area contributed by atoms with Gasteiger partial charge in [-0.2, -0.15) is 4.31 Å².